The summed E-state index contributed by atoms with van der Waals surface area (Å²) < 4.78 is 1.93. The molecule has 0 atom stereocenters. The molecule has 0 unspecified atom stereocenters. The second-order valence-electron chi connectivity index (χ2n) is 5.76. The van der Waals surface area contributed by atoms with Gasteiger partial charge in [-0.25, -0.2) is 0 Å². The number of hydrogen-bond donors (Lipinski definition) is 3. The zero-order valence-electron chi connectivity index (χ0n) is 14.0. The van der Waals surface area contributed by atoms with Crippen LogP contribution in [0.2, 0.25) is 0 Å². The molecule has 0 spiro atoms. The molecule has 1 heterocycles. The van der Waals surface area contributed by atoms with E-state index in [2.05, 4.69) is 15.5 Å². The predicted molar refractivity (Wildman–Crippen MR) is 101 cm³/mol. The maximum Gasteiger partial charge on any atom is 0.250 e. The number of aromatic nitrogens is 3. The van der Waals surface area contributed by atoms with Crippen LogP contribution in [0.4, 0.5) is 5.69 Å². The topological polar surface area (TPSA) is 106 Å². The van der Waals surface area contributed by atoms with E-state index in [1.165, 1.54) is 0 Å². The zero-order valence-corrected chi connectivity index (χ0v) is 14.8. The van der Waals surface area contributed by atoms with Gasteiger partial charge in [0.15, 0.2) is 10.6 Å². The first-order valence-corrected chi connectivity index (χ1v) is 8.27. The minimum atomic E-state index is -0.610. The first-order valence-electron chi connectivity index (χ1n) is 7.86. The van der Waals surface area contributed by atoms with E-state index in [1.54, 1.807) is 28.8 Å². The summed E-state index contributed by atoms with van der Waals surface area (Å²) in [5.41, 5.74) is 7.90. The lowest BCUT2D eigenvalue weighted by Crippen LogP contribution is -2.22. The molecule has 7 nitrogen and oxygen atoms in total. The van der Waals surface area contributed by atoms with Crippen LogP contribution < -0.4 is 11.1 Å². The molecule has 0 saturated heterocycles. The molecule has 2 aromatic carbocycles. The molecule has 0 aliphatic heterocycles. The molecule has 0 aliphatic carbocycles. The Hall–Kier alpha value is -3.26. The number of aromatic amines is 1. The molecule has 0 saturated carbocycles. The number of benzene rings is 2. The molecule has 8 heteroatoms. The number of amides is 2. The third-order valence-electron chi connectivity index (χ3n) is 3.84. The van der Waals surface area contributed by atoms with E-state index in [9.17, 15) is 9.59 Å². The van der Waals surface area contributed by atoms with Gasteiger partial charge < -0.3 is 11.1 Å². The summed E-state index contributed by atoms with van der Waals surface area (Å²) in [6.45, 7) is 1.94. The third kappa shape index (κ3) is 3.70. The average Bonchev–Trinajstić information content (AvgIpc) is 2.96. The number of primary amides is 1. The fourth-order valence-corrected chi connectivity index (χ4v) is 2.72. The van der Waals surface area contributed by atoms with E-state index in [0.717, 1.165) is 11.1 Å². The lowest BCUT2D eigenvalue weighted by Gasteiger charge is -2.10. The number of rotatable bonds is 5. The van der Waals surface area contributed by atoms with Gasteiger partial charge in [0, 0.05) is 5.56 Å². The number of nitrogens with two attached hydrogens (primary N) is 1. The average molecular weight is 367 g/mol. The van der Waals surface area contributed by atoms with Crippen LogP contribution in [0, 0.1) is 11.7 Å². The van der Waals surface area contributed by atoms with E-state index in [1.807, 2.05) is 31.2 Å². The normalized spacial score (nSPS) is 10.5. The number of carbonyl (C=O) groups is 2. The number of carbonyl (C=O) groups excluding carboxylic acids is 2. The van der Waals surface area contributed by atoms with E-state index in [4.69, 9.17) is 18.0 Å². The predicted octanol–water partition coefficient (Wildman–Crippen LogP) is 2.65. The largest absolute Gasteiger partial charge is 0.366 e. The Morgan fingerprint density at radius 3 is 2.58 bits per heavy atom. The SMILES string of the molecule is Cc1ccc(-c2n[nH]c(=S)n2CC(=O)Nc2ccccc2C(N)=O)cc1. The van der Waals surface area contributed by atoms with Crippen molar-refractivity contribution in [2.75, 3.05) is 5.32 Å². The minimum Gasteiger partial charge on any atom is -0.366 e. The Morgan fingerprint density at radius 1 is 1.19 bits per heavy atom. The van der Waals surface area contributed by atoms with Crippen molar-refractivity contribution in [1.29, 1.82) is 0 Å². The Balaban J connectivity index is 1.85. The zero-order chi connectivity index (χ0) is 18.7. The highest BCUT2D eigenvalue weighted by atomic mass is 32.1. The van der Waals surface area contributed by atoms with E-state index >= 15 is 0 Å². The second kappa shape index (κ2) is 7.32. The van der Waals surface area contributed by atoms with Crippen LogP contribution in [0.5, 0.6) is 0 Å². The quantitative estimate of drug-likeness (QED) is 0.603. The minimum absolute atomic E-state index is 0.0500. The smallest absolute Gasteiger partial charge is 0.250 e. The van der Waals surface area contributed by atoms with Gasteiger partial charge in [0.1, 0.15) is 6.54 Å². The number of para-hydroxylation sites is 1. The van der Waals surface area contributed by atoms with Crippen molar-refractivity contribution in [2.45, 2.75) is 13.5 Å². The van der Waals surface area contributed by atoms with Crippen LogP contribution in [-0.2, 0) is 11.3 Å². The number of nitrogens with zero attached hydrogens (tertiary/aromatic N) is 2. The highest BCUT2D eigenvalue weighted by Gasteiger charge is 2.14. The summed E-state index contributed by atoms with van der Waals surface area (Å²) in [7, 11) is 0. The first kappa shape index (κ1) is 17.6. The molecule has 0 aliphatic rings. The summed E-state index contributed by atoms with van der Waals surface area (Å²) in [5.74, 6) is -0.390. The molecule has 1 aromatic heterocycles. The van der Waals surface area contributed by atoms with Crippen molar-refractivity contribution in [3.63, 3.8) is 0 Å². The lowest BCUT2D eigenvalue weighted by molar-refractivity contribution is -0.116. The molecule has 132 valence electrons. The molecule has 26 heavy (non-hydrogen) atoms. The Labute approximate surface area is 154 Å². The molecule has 0 fully saturated rings. The van der Waals surface area contributed by atoms with Crippen molar-refractivity contribution >= 4 is 29.7 Å². The van der Waals surface area contributed by atoms with Gasteiger partial charge in [-0.3, -0.25) is 19.3 Å². The number of hydrogen-bond acceptors (Lipinski definition) is 4. The van der Waals surface area contributed by atoms with E-state index < -0.39 is 5.91 Å². The van der Waals surface area contributed by atoms with Gasteiger partial charge in [-0.2, -0.15) is 5.10 Å². The molecule has 0 bridgehead atoms. The molecule has 0 radical (unpaired) electrons. The molecule has 3 aromatic rings. The Morgan fingerprint density at radius 2 is 1.88 bits per heavy atom. The van der Waals surface area contributed by atoms with Crippen molar-refractivity contribution in [1.82, 2.24) is 14.8 Å². The fourth-order valence-electron chi connectivity index (χ4n) is 2.53. The maximum atomic E-state index is 12.5. The molecular weight excluding hydrogens is 350 g/mol. The summed E-state index contributed by atoms with van der Waals surface area (Å²) in [6.07, 6.45) is 0. The summed E-state index contributed by atoms with van der Waals surface area (Å²) >= 11 is 5.24. The first-order chi connectivity index (χ1) is 12.5. The number of aryl methyl sites for hydroxylation is 1. The van der Waals surface area contributed by atoms with E-state index in [-0.39, 0.29) is 18.0 Å². The lowest BCUT2D eigenvalue weighted by atomic mass is 10.1. The molecule has 3 rings (SSSR count). The Kier molecular flexibility index (Phi) is 4.94. The van der Waals surface area contributed by atoms with Gasteiger partial charge in [-0.05, 0) is 31.3 Å². The van der Waals surface area contributed by atoms with Gasteiger partial charge in [-0.1, -0.05) is 42.0 Å². The van der Waals surface area contributed by atoms with Gasteiger partial charge in [0.25, 0.3) is 5.91 Å². The summed E-state index contributed by atoms with van der Waals surface area (Å²) in [6, 6.07) is 14.3. The van der Waals surface area contributed by atoms with Crippen LogP contribution in [0.25, 0.3) is 11.4 Å². The molecule has 2 amide bonds. The van der Waals surface area contributed by atoms with Crippen molar-refractivity contribution in [3.05, 3.63) is 64.4 Å². The Bertz CT molecular complexity index is 1020. The van der Waals surface area contributed by atoms with Crippen molar-refractivity contribution in [2.24, 2.45) is 5.73 Å². The summed E-state index contributed by atoms with van der Waals surface area (Å²) in [4.78, 5) is 23.9. The van der Waals surface area contributed by atoms with Crippen LogP contribution in [0.3, 0.4) is 0 Å². The number of H-pyrrole nitrogens is 1. The fraction of sp³-hybridized carbons (Fsp3) is 0.111. The van der Waals surface area contributed by atoms with Gasteiger partial charge in [-0.15, -0.1) is 0 Å². The monoisotopic (exact) mass is 367 g/mol. The van der Waals surface area contributed by atoms with Gasteiger partial charge >= 0.3 is 0 Å². The number of nitrogens with one attached hydrogen (secondary N) is 2. The summed E-state index contributed by atoms with van der Waals surface area (Å²) in [5, 5.41) is 9.62. The van der Waals surface area contributed by atoms with Crippen molar-refractivity contribution in [3.8, 4) is 11.4 Å². The van der Waals surface area contributed by atoms with Gasteiger partial charge in [0.05, 0.1) is 11.3 Å². The van der Waals surface area contributed by atoms with Crippen molar-refractivity contribution < 1.29 is 9.59 Å². The second-order valence-corrected chi connectivity index (χ2v) is 6.15. The standard InChI is InChI=1S/C18H17N5O2S/c1-11-6-8-12(9-7-11)17-21-22-18(26)23(17)10-15(24)20-14-5-3-2-4-13(14)16(19)25/h2-9H,10H2,1H3,(H2,19,25)(H,20,24)(H,22,26). The van der Waals surface area contributed by atoms with E-state index in [0.29, 0.717) is 16.3 Å². The number of anilines is 1. The highest BCUT2D eigenvalue weighted by molar-refractivity contribution is 7.71. The van der Waals surface area contributed by atoms with Crippen LogP contribution in [0.15, 0.2) is 48.5 Å². The highest BCUT2D eigenvalue weighted by Crippen LogP contribution is 2.19. The maximum absolute atomic E-state index is 12.5. The molecular formula is C18H17N5O2S. The van der Waals surface area contributed by atoms with Crippen LogP contribution in [-0.4, -0.2) is 26.6 Å². The van der Waals surface area contributed by atoms with Crippen LogP contribution >= 0.6 is 12.2 Å². The van der Waals surface area contributed by atoms with Gasteiger partial charge in [0.2, 0.25) is 5.91 Å². The van der Waals surface area contributed by atoms with Crippen LogP contribution in [0.1, 0.15) is 15.9 Å². The third-order valence-corrected chi connectivity index (χ3v) is 4.15. The molecule has 4 N–H and O–H groups in total.